The average molecular weight is 675 g/mol. The van der Waals surface area contributed by atoms with Crippen LogP contribution >= 0.6 is 0 Å². The Hall–Kier alpha value is -0.770. The van der Waals surface area contributed by atoms with E-state index in [1.165, 1.54) is 58.5 Å². The highest BCUT2D eigenvalue weighted by Crippen LogP contribution is 2.22. The van der Waals surface area contributed by atoms with Gasteiger partial charge in [-0.1, -0.05) is 135 Å². The van der Waals surface area contributed by atoms with Gasteiger partial charge in [-0.05, 0) is 44.9 Å². The summed E-state index contributed by atoms with van der Waals surface area (Å²) in [7, 11) is 1.43. The molecule has 0 spiro atoms. The van der Waals surface area contributed by atoms with E-state index in [1.54, 1.807) is 0 Å². The fourth-order valence-corrected chi connectivity index (χ4v) is 6.18. The number of unbranched alkanes of at least 4 members (excludes halogenated alkanes) is 21. The number of rotatable bonds is 38. The van der Waals surface area contributed by atoms with Crippen LogP contribution in [0.25, 0.3) is 0 Å². The second-order valence-corrected chi connectivity index (χ2v) is 13.6. The lowest BCUT2D eigenvalue weighted by atomic mass is 9.95. The Labute approximate surface area is 289 Å². The van der Waals surface area contributed by atoms with Crippen molar-refractivity contribution in [3.63, 3.8) is 0 Å². The molecule has 0 aromatic rings. The molecule has 0 aliphatic heterocycles. The number of aliphatic hydroxyl groups excluding tert-OH is 4. The molecule has 8 heteroatoms. The van der Waals surface area contributed by atoms with Crippen molar-refractivity contribution in [3.05, 3.63) is 0 Å². The Kier molecular flexibility index (Phi) is 35.9. The molecule has 0 radical (unpaired) electrons. The smallest absolute Gasteiger partial charge is 0.305 e. The van der Waals surface area contributed by atoms with Crippen LogP contribution < -0.4 is 0 Å². The van der Waals surface area contributed by atoms with Crippen molar-refractivity contribution < 1.29 is 39.4 Å². The molecular formula is C39H78O8. The molecule has 4 atom stereocenters. The van der Waals surface area contributed by atoms with E-state index in [4.69, 9.17) is 24.4 Å². The summed E-state index contributed by atoms with van der Waals surface area (Å²) < 4.78 is 17.3. The zero-order valence-electron chi connectivity index (χ0n) is 30.9. The maximum absolute atomic E-state index is 11.4. The van der Waals surface area contributed by atoms with Gasteiger partial charge in [-0.25, -0.2) is 0 Å². The van der Waals surface area contributed by atoms with Crippen LogP contribution in [0.3, 0.4) is 0 Å². The third kappa shape index (κ3) is 29.8. The maximum Gasteiger partial charge on any atom is 0.305 e. The van der Waals surface area contributed by atoms with Crippen LogP contribution in [0.15, 0.2) is 0 Å². The van der Waals surface area contributed by atoms with Gasteiger partial charge in [0.05, 0.1) is 19.3 Å². The molecule has 0 aromatic heterocycles. The molecule has 8 nitrogen and oxygen atoms in total. The number of hydrogen-bond acceptors (Lipinski definition) is 8. The summed E-state index contributed by atoms with van der Waals surface area (Å²) in [6, 6.07) is 0. The first-order valence-electron chi connectivity index (χ1n) is 19.9. The fourth-order valence-electron chi connectivity index (χ4n) is 6.18. The molecule has 4 N–H and O–H groups in total. The molecule has 0 fully saturated rings. The standard InChI is InChI=1S/C39H78O8/c1-3-4-5-21-28-35(46-33-26-19-12-8-6-10-17-24-31-40)38(43)39(44)36(29-22-15-14-16-23-30-37(42)45-2)47-34-27-20-13-9-7-11-18-25-32-41/h35-36,38-41,43-44H,3-34H2,1-2H3. The second kappa shape index (κ2) is 36.5. The molecule has 282 valence electrons. The molecule has 0 rings (SSSR count). The lowest BCUT2D eigenvalue weighted by Crippen LogP contribution is -2.46. The summed E-state index contributed by atoms with van der Waals surface area (Å²) in [5.41, 5.74) is 0. The van der Waals surface area contributed by atoms with Gasteiger partial charge in [0.15, 0.2) is 0 Å². The van der Waals surface area contributed by atoms with Gasteiger partial charge >= 0.3 is 5.97 Å². The quantitative estimate of drug-likeness (QED) is 0.0379. The Bertz CT molecular complexity index is 634. The van der Waals surface area contributed by atoms with Crippen molar-refractivity contribution in [3.8, 4) is 0 Å². The molecule has 0 aliphatic rings. The van der Waals surface area contributed by atoms with Gasteiger partial charge < -0.3 is 34.6 Å². The van der Waals surface area contributed by atoms with Gasteiger partial charge in [0.1, 0.15) is 12.2 Å². The van der Waals surface area contributed by atoms with E-state index in [0.717, 1.165) is 116 Å². The van der Waals surface area contributed by atoms with Crippen LogP contribution in [0.4, 0.5) is 0 Å². The van der Waals surface area contributed by atoms with Gasteiger partial charge in [-0.2, -0.15) is 0 Å². The summed E-state index contributed by atoms with van der Waals surface area (Å²) >= 11 is 0. The molecule has 4 unspecified atom stereocenters. The monoisotopic (exact) mass is 675 g/mol. The number of esters is 1. The van der Waals surface area contributed by atoms with Crippen molar-refractivity contribution in [2.75, 3.05) is 33.5 Å². The number of aliphatic hydroxyl groups is 4. The van der Waals surface area contributed by atoms with E-state index in [2.05, 4.69) is 6.92 Å². The first kappa shape index (κ1) is 46.2. The minimum atomic E-state index is -0.990. The predicted molar refractivity (Wildman–Crippen MR) is 193 cm³/mol. The fraction of sp³-hybridized carbons (Fsp3) is 0.974. The van der Waals surface area contributed by atoms with Crippen molar-refractivity contribution in [1.29, 1.82) is 0 Å². The zero-order chi connectivity index (χ0) is 34.6. The summed E-state index contributed by atoms with van der Waals surface area (Å²) in [6.45, 7) is 3.95. The third-order valence-corrected chi connectivity index (χ3v) is 9.32. The summed E-state index contributed by atoms with van der Waals surface area (Å²) in [5, 5.41) is 40.7. The Morgan fingerprint density at radius 2 is 0.830 bits per heavy atom. The molecule has 0 aromatic carbocycles. The number of ether oxygens (including phenoxy) is 3. The van der Waals surface area contributed by atoms with Gasteiger partial charge in [0.2, 0.25) is 0 Å². The Morgan fingerprint density at radius 1 is 0.489 bits per heavy atom. The van der Waals surface area contributed by atoms with E-state index >= 15 is 0 Å². The van der Waals surface area contributed by atoms with Crippen LogP contribution in [0, 0.1) is 0 Å². The van der Waals surface area contributed by atoms with Crippen LogP contribution in [-0.4, -0.2) is 84.3 Å². The average Bonchev–Trinajstić information content (AvgIpc) is 3.08. The van der Waals surface area contributed by atoms with E-state index in [-0.39, 0.29) is 19.2 Å². The van der Waals surface area contributed by atoms with E-state index in [9.17, 15) is 15.0 Å². The van der Waals surface area contributed by atoms with Crippen LogP contribution in [0.1, 0.15) is 187 Å². The van der Waals surface area contributed by atoms with Crippen molar-refractivity contribution in [2.45, 2.75) is 211 Å². The van der Waals surface area contributed by atoms with E-state index in [0.29, 0.717) is 26.1 Å². The van der Waals surface area contributed by atoms with Gasteiger partial charge in [-0.3, -0.25) is 4.79 Å². The van der Waals surface area contributed by atoms with E-state index < -0.39 is 24.4 Å². The molecule has 0 bridgehead atoms. The maximum atomic E-state index is 11.4. The normalized spacial score (nSPS) is 14.3. The molecule has 0 saturated carbocycles. The highest BCUT2D eigenvalue weighted by molar-refractivity contribution is 5.68. The van der Waals surface area contributed by atoms with Gasteiger partial charge in [-0.15, -0.1) is 0 Å². The number of carbonyl (C=O) groups excluding carboxylic acids is 1. The largest absolute Gasteiger partial charge is 0.469 e. The Balaban J connectivity index is 4.88. The summed E-state index contributed by atoms with van der Waals surface area (Å²) in [5.74, 6) is -0.158. The summed E-state index contributed by atoms with van der Waals surface area (Å²) in [4.78, 5) is 11.4. The molecule has 0 aliphatic carbocycles. The minimum absolute atomic E-state index is 0.158. The lowest BCUT2D eigenvalue weighted by molar-refractivity contribution is -0.141. The van der Waals surface area contributed by atoms with Crippen molar-refractivity contribution in [2.24, 2.45) is 0 Å². The van der Waals surface area contributed by atoms with Crippen LogP contribution in [-0.2, 0) is 19.0 Å². The minimum Gasteiger partial charge on any atom is -0.469 e. The van der Waals surface area contributed by atoms with Gasteiger partial charge in [0.25, 0.3) is 0 Å². The molecule has 47 heavy (non-hydrogen) atoms. The van der Waals surface area contributed by atoms with E-state index in [1.807, 2.05) is 0 Å². The number of methoxy groups -OCH3 is 1. The first-order valence-corrected chi connectivity index (χ1v) is 19.9. The highest BCUT2D eigenvalue weighted by atomic mass is 16.5. The molecule has 0 heterocycles. The van der Waals surface area contributed by atoms with Crippen molar-refractivity contribution >= 4 is 5.97 Å². The number of hydrogen-bond donors (Lipinski definition) is 4. The lowest BCUT2D eigenvalue weighted by Gasteiger charge is -2.32. The predicted octanol–water partition coefficient (Wildman–Crippen LogP) is 8.58. The topological polar surface area (TPSA) is 126 Å². The Morgan fingerprint density at radius 3 is 1.21 bits per heavy atom. The van der Waals surface area contributed by atoms with Crippen molar-refractivity contribution in [1.82, 2.24) is 0 Å². The first-order chi connectivity index (χ1) is 23.0. The third-order valence-electron chi connectivity index (χ3n) is 9.32. The van der Waals surface area contributed by atoms with Crippen LogP contribution in [0.2, 0.25) is 0 Å². The highest BCUT2D eigenvalue weighted by Gasteiger charge is 2.33. The summed E-state index contributed by atoms with van der Waals surface area (Å²) in [6.07, 6.45) is 25.9. The van der Waals surface area contributed by atoms with Gasteiger partial charge in [0, 0.05) is 32.8 Å². The molecular weight excluding hydrogens is 596 g/mol. The second-order valence-electron chi connectivity index (χ2n) is 13.6. The van der Waals surface area contributed by atoms with Crippen LogP contribution in [0.5, 0.6) is 0 Å². The zero-order valence-corrected chi connectivity index (χ0v) is 30.9. The molecule has 0 amide bonds. The molecule has 0 saturated heterocycles. The SMILES string of the molecule is CCCCCCC(OCCCCCCCCCCO)C(O)C(O)C(CCCCCCCC(=O)OC)OCCCCCCCCCCO. The number of carbonyl (C=O) groups is 1.